The third-order valence-corrected chi connectivity index (χ3v) is 5.15. The van der Waals surface area contributed by atoms with Crippen molar-refractivity contribution in [2.75, 3.05) is 39.3 Å². The van der Waals surface area contributed by atoms with Gasteiger partial charge in [-0.3, -0.25) is 4.90 Å². The van der Waals surface area contributed by atoms with Crippen molar-refractivity contribution in [3.05, 3.63) is 29.8 Å². The van der Waals surface area contributed by atoms with E-state index in [2.05, 4.69) is 11.0 Å². The zero-order chi connectivity index (χ0) is 20.1. The highest BCUT2D eigenvalue weighted by Gasteiger charge is 2.37. The number of β-amino-alcohol motifs (C(OH)–C–C–N with tert-alkyl or cyclic N) is 1. The molecular weight excluding hydrogens is 358 g/mol. The predicted molar refractivity (Wildman–Crippen MR) is 104 cm³/mol. The Morgan fingerprint density at radius 1 is 1.21 bits per heavy atom. The molecule has 2 fully saturated rings. The van der Waals surface area contributed by atoms with Crippen LogP contribution in [0.15, 0.2) is 24.3 Å². The van der Waals surface area contributed by atoms with Crippen molar-refractivity contribution in [1.82, 2.24) is 9.80 Å². The smallest absolute Gasteiger partial charge is 0.410 e. The van der Waals surface area contributed by atoms with Crippen LogP contribution >= 0.6 is 0 Å². The maximum Gasteiger partial charge on any atom is 0.410 e. The molecule has 28 heavy (non-hydrogen) atoms. The topological polar surface area (TPSA) is 86.0 Å². The first-order valence-electron chi connectivity index (χ1n) is 9.92. The quantitative estimate of drug-likeness (QED) is 0.804. The molecule has 152 valence electrons. The monoisotopic (exact) mass is 387 g/mol. The number of nitrogens with zero attached hydrogens (tertiary/aromatic N) is 3. The highest BCUT2D eigenvalue weighted by molar-refractivity contribution is 5.68. The number of amides is 1. The molecular formula is C21H29N3O4. The fraction of sp³-hybridized carbons (Fsp3) is 0.619. The molecule has 3 unspecified atom stereocenters. The van der Waals surface area contributed by atoms with Crippen LogP contribution in [0.1, 0.15) is 25.8 Å². The van der Waals surface area contributed by atoms with Crippen molar-refractivity contribution in [2.45, 2.75) is 32.5 Å². The molecule has 0 aromatic heterocycles. The molecule has 0 saturated carbocycles. The molecule has 2 aliphatic rings. The Hall–Kier alpha value is -2.30. The van der Waals surface area contributed by atoms with Crippen LogP contribution in [0.4, 0.5) is 4.79 Å². The van der Waals surface area contributed by atoms with Gasteiger partial charge in [-0.05, 0) is 56.4 Å². The number of nitriles is 1. The SMILES string of the molecule is CC(C)OC(=O)N1CC2CC(CN(CC(O)COc3ccc(C#N)cc3)C2)C1. The Morgan fingerprint density at radius 3 is 2.43 bits per heavy atom. The summed E-state index contributed by atoms with van der Waals surface area (Å²) >= 11 is 0. The van der Waals surface area contributed by atoms with E-state index in [9.17, 15) is 9.90 Å². The third kappa shape index (κ3) is 5.60. The lowest BCUT2D eigenvalue weighted by Crippen LogP contribution is -2.55. The Labute approximate surface area is 166 Å². The molecule has 7 heteroatoms. The Kier molecular flexibility index (Phi) is 6.76. The molecule has 0 spiro atoms. The van der Waals surface area contributed by atoms with Gasteiger partial charge < -0.3 is 19.5 Å². The van der Waals surface area contributed by atoms with Gasteiger partial charge in [-0.2, -0.15) is 5.26 Å². The molecule has 1 aromatic rings. The van der Waals surface area contributed by atoms with Crippen molar-refractivity contribution < 1.29 is 19.4 Å². The molecule has 1 N–H and O–H groups in total. The lowest BCUT2D eigenvalue weighted by Gasteiger charge is -2.45. The average Bonchev–Trinajstić information content (AvgIpc) is 2.65. The number of fused-ring (bicyclic) bond motifs is 2. The number of likely N-dealkylation sites (tertiary alicyclic amines) is 2. The van der Waals surface area contributed by atoms with Gasteiger partial charge in [0.2, 0.25) is 0 Å². The molecule has 2 heterocycles. The standard InChI is InChI=1S/C21H29N3O4/c1-15(2)28-21(26)24-11-17-7-18(12-24)10-23(9-17)13-19(25)14-27-20-5-3-16(8-22)4-6-20/h3-6,15,17-19,25H,7,9-14H2,1-2H3. The highest BCUT2D eigenvalue weighted by Crippen LogP contribution is 2.29. The summed E-state index contributed by atoms with van der Waals surface area (Å²) in [5, 5.41) is 19.2. The van der Waals surface area contributed by atoms with Crippen LogP contribution in [0, 0.1) is 23.2 Å². The first-order chi connectivity index (χ1) is 13.4. The maximum atomic E-state index is 12.2. The Balaban J connectivity index is 1.44. The van der Waals surface area contributed by atoms with Crippen molar-refractivity contribution in [3.63, 3.8) is 0 Å². The molecule has 2 saturated heterocycles. The van der Waals surface area contributed by atoms with Crippen LogP contribution in [0.2, 0.25) is 0 Å². The summed E-state index contributed by atoms with van der Waals surface area (Å²) in [7, 11) is 0. The van der Waals surface area contributed by atoms with E-state index in [-0.39, 0.29) is 18.8 Å². The lowest BCUT2D eigenvalue weighted by molar-refractivity contribution is -0.00581. The number of rotatable bonds is 6. The molecule has 2 bridgehead atoms. The van der Waals surface area contributed by atoms with E-state index >= 15 is 0 Å². The number of aliphatic hydroxyl groups excluding tert-OH is 1. The van der Waals surface area contributed by atoms with Gasteiger partial charge in [0.05, 0.1) is 17.7 Å². The number of hydrogen-bond donors (Lipinski definition) is 1. The Morgan fingerprint density at radius 2 is 1.86 bits per heavy atom. The summed E-state index contributed by atoms with van der Waals surface area (Å²) in [5.41, 5.74) is 0.582. The zero-order valence-electron chi connectivity index (χ0n) is 16.6. The van der Waals surface area contributed by atoms with Crippen molar-refractivity contribution in [3.8, 4) is 11.8 Å². The van der Waals surface area contributed by atoms with Crippen LogP contribution in [-0.2, 0) is 4.74 Å². The van der Waals surface area contributed by atoms with Crippen LogP contribution in [0.25, 0.3) is 0 Å². The summed E-state index contributed by atoms with van der Waals surface area (Å²) in [5.74, 6) is 1.48. The second-order valence-corrected chi connectivity index (χ2v) is 8.12. The number of carbonyl (C=O) groups excluding carboxylic acids is 1. The first kappa shape index (κ1) is 20.4. The number of benzene rings is 1. The molecule has 1 amide bonds. The van der Waals surface area contributed by atoms with Crippen molar-refractivity contribution in [2.24, 2.45) is 11.8 Å². The van der Waals surface area contributed by atoms with Gasteiger partial charge in [0.25, 0.3) is 0 Å². The maximum absolute atomic E-state index is 12.2. The number of hydrogen-bond acceptors (Lipinski definition) is 6. The average molecular weight is 387 g/mol. The summed E-state index contributed by atoms with van der Waals surface area (Å²) < 4.78 is 11.0. The second-order valence-electron chi connectivity index (χ2n) is 8.12. The van der Waals surface area contributed by atoms with Crippen LogP contribution in [0.5, 0.6) is 5.75 Å². The van der Waals surface area contributed by atoms with Gasteiger partial charge in [-0.25, -0.2) is 4.79 Å². The van der Waals surface area contributed by atoms with Gasteiger partial charge in [0.1, 0.15) is 18.5 Å². The minimum atomic E-state index is -0.587. The predicted octanol–water partition coefficient (Wildman–Crippen LogP) is 2.10. The molecule has 1 aromatic carbocycles. The normalized spacial score (nSPS) is 23.2. The highest BCUT2D eigenvalue weighted by atomic mass is 16.6. The van der Waals surface area contributed by atoms with Gasteiger partial charge in [0, 0.05) is 32.7 Å². The number of piperidine rings is 2. The Bertz CT molecular complexity index is 687. The van der Waals surface area contributed by atoms with E-state index in [1.807, 2.05) is 18.7 Å². The minimum Gasteiger partial charge on any atom is -0.491 e. The van der Waals surface area contributed by atoms with Gasteiger partial charge in [-0.15, -0.1) is 0 Å². The van der Waals surface area contributed by atoms with E-state index in [1.165, 1.54) is 0 Å². The van der Waals surface area contributed by atoms with E-state index in [0.29, 0.717) is 29.7 Å². The summed E-state index contributed by atoms with van der Waals surface area (Å²) in [4.78, 5) is 16.3. The molecule has 0 aliphatic carbocycles. The van der Waals surface area contributed by atoms with Gasteiger partial charge in [0.15, 0.2) is 0 Å². The third-order valence-electron chi connectivity index (χ3n) is 5.15. The van der Waals surface area contributed by atoms with Crippen molar-refractivity contribution >= 4 is 6.09 Å². The largest absolute Gasteiger partial charge is 0.491 e. The number of carbonyl (C=O) groups is 1. The molecule has 2 aliphatic heterocycles. The zero-order valence-corrected chi connectivity index (χ0v) is 16.6. The summed E-state index contributed by atoms with van der Waals surface area (Å²) in [6, 6.07) is 8.94. The fourth-order valence-electron chi connectivity index (χ4n) is 4.13. The number of aliphatic hydroxyl groups is 1. The molecule has 7 nitrogen and oxygen atoms in total. The summed E-state index contributed by atoms with van der Waals surface area (Å²) in [6.07, 6.45) is 0.224. The van der Waals surface area contributed by atoms with E-state index in [4.69, 9.17) is 14.7 Å². The lowest BCUT2D eigenvalue weighted by atomic mass is 9.84. The number of ether oxygens (including phenoxy) is 2. The van der Waals surface area contributed by atoms with Crippen molar-refractivity contribution in [1.29, 1.82) is 5.26 Å². The minimum absolute atomic E-state index is 0.1000. The van der Waals surface area contributed by atoms with Gasteiger partial charge >= 0.3 is 6.09 Å². The van der Waals surface area contributed by atoms with E-state index in [1.54, 1.807) is 24.3 Å². The van der Waals surface area contributed by atoms with E-state index in [0.717, 1.165) is 32.6 Å². The molecule has 0 radical (unpaired) electrons. The molecule has 3 rings (SSSR count). The van der Waals surface area contributed by atoms with Crippen LogP contribution in [0.3, 0.4) is 0 Å². The van der Waals surface area contributed by atoms with Crippen LogP contribution < -0.4 is 4.74 Å². The molecule has 3 atom stereocenters. The summed E-state index contributed by atoms with van der Waals surface area (Å²) in [6.45, 7) is 7.68. The van der Waals surface area contributed by atoms with Crippen LogP contribution in [-0.4, -0.2) is 72.5 Å². The van der Waals surface area contributed by atoms with E-state index < -0.39 is 6.10 Å². The van der Waals surface area contributed by atoms with Gasteiger partial charge in [-0.1, -0.05) is 0 Å². The first-order valence-corrected chi connectivity index (χ1v) is 9.92. The second kappa shape index (κ2) is 9.26. The fourth-order valence-corrected chi connectivity index (χ4v) is 4.13.